The number of nitrogens with zero attached hydrogens (tertiary/aromatic N) is 1. The fourth-order valence-electron chi connectivity index (χ4n) is 1.90. The monoisotopic (exact) mass is 229 g/mol. The maximum Gasteiger partial charge on any atom is 0.0629 e. The molecule has 1 rings (SSSR count). The van der Waals surface area contributed by atoms with Gasteiger partial charge in [0.1, 0.15) is 0 Å². The zero-order valence-electron chi connectivity index (χ0n) is 11.2. The molecule has 0 heterocycles. The lowest BCUT2D eigenvalue weighted by Gasteiger charge is -2.06. The Labute approximate surface area is 105 Å². The van der Waals surface area contributed by atoms with E-state index in [2.05, 4.69) is 39.0 Å². The Balaban J connectivity index is 2.78. The quantitative estimate of drug-likeness (QED) is 0.463. The van der Waals surface area contributed by atoms with Gasteiger partial charge in [-0.1, -0.05) is 50.1 Å². The van der Waals surface area contributed by atoms with Crippen molar-refractivity contribution in [3.05, 3.63) is 42.0 Å². The lowest BCUT2D eigenvalue weighted by molar-refractivity contribution is 0.967. The van der Waals surface area contributed by atoms with Gasteiger partial charge in [-0.25, -0.2) is 0 Å². The van der Waals surface area contributed by atoms with E-state index in [1.165, 1.54) is 11.3 Å². The van der Waals surface area contributed by atoms with Gasteiger partial charge in [0.05, 0.1) is 5.69 Å². The lowest BCUT2D eigenvalue weighted by Crippen LogP contribution is -1.98. The van der Waals surface area contributed by atoms with Crippen LogP contribution in [0.25, 0.3) is 0 Å². The highest BCUT2D eigenvalue weighted by molar-refractivity contribution is 5.88. The number of allylic oxidation sites excluding steroid dienone is 2. The Kier molecular flexibility index (Phi) is 6.31. The Hall–Kier alpha value is -1.37. The van der Waals surface area contributed by atoms with E-state index >= 15 is 0 Å². The third-order valence-electron chi connectivity index (χ3n) is 2.62. The van der Waals surface area contributed by atoms with Gasteiger partial charge < -0.3 is 0 Å². The van der Waals surface area contributed by atoms with E-state index in [1.54, 1.807) is 0 Å². The van der Waals surface area contributed by atoms with E-state index in [4.69, 9.17) is 4.99 Å². The summed E-state index contributed by atoms with van der Waals surface area (Å²) in [6, 6.07) is 10.2. The van der Waals surface area contributed by atoms with Crippen molar-refractivity contribution in [1.29, 1.82) is 0 Å². The number of hydrogen-bond donors (Lipinski definition) is 0. The van der Waals surface area contributed by atoms with Crippen LogP contribution >= 0.6 is 0 Å². The molecule has 0 fully saturated rings. The molecule has 0 spiro atoms. The van der Waals surface area contributed by atoms with Gasteiger partial charge in [-0.3, -0.25) is 4.99 Å². The average molecular weight is 229 g/mol. The fraction of sp³-hybridized carbons (Fsp3) is 0.438. The molecular formula is C16H23N. The lowest BCUT2D eigenvalue weighted by atomic mass is 10.1. The van der Waals surface area contributed by atoms with Crippen LogP contribution in [0.1, 0.15) is 46.5 Å². The minimum Gasteiger partial charge on any atom is -0.258 e. The van der Waals surface area contributed by atoms with Crippen molar-refractivity contribution in [2.45, 2.75) is 46.5 Å². The summed E-state index contributed by atoms with van der Waals surface area (Å²) in [6.07, 6.45) is 6.65. The molecule has 1 heteroatoms. The standard InChI is InChI=1S/C16H23N/c1-4-9-14(3)13-16(10-5-2)17-15-11-7-6-8-12-15/h6-9,11-12H,4-5,10,13H2,1-3H3. The first-order valence-electron chi connectivity index (χ1n) is 6.53. The first kappa shape index (κ1) is 13.7. The summed E-state index contributed by atoms with van der Waals surface area (Å²) in [7, 11) is 0. The maximum absolute atomic E-state index is 4.75. The van der Waals surface area contributed by atoms with Gasteiger partial charge in [0.15, 0.2) is 0 Å². The maximum atomic E-state index is 4.75. The van der Waals surface area contributed by atoms with Crippen LogP contribution in [0.3, 0.4) is 0 Å². The Bertz CT molecular complexity index is 374. The van der Waals surface area contributed by atoms with Gasteiger partial charge >= 0.3 is 0 Å². The Morgan fingerprint density at radius 2 is 1.88 bits per heavy atom. The van der Waals surface area contributed by atoms with Crippen LogP contribution < -0.4 is 0 Å². The van der Waals surface area contributed by atoms with E-state index in [0.717, 1.165) is 31.4 Å². The van der Waals surface area contributed by atoms with Crippen LogP contribution in [0.2, 0.25) is 0 Å². The minimum absolute atomic E-state index is 1.01. The topological polar surface area (TPSA) is 12.4 Å². The molecule has 17 heavy (non-hydrogen) atoms. The number of para-hydroxylation sites is 1. The average Bonchev–Trinajstić information content (AvgIpc) is 2.31. The molecule has 1 nitrogen and oxygen atoms in total. The fourth-order valence-corrected chi connectivity index (χ4v) is 1.90. The molecule has 0 unspecified atom stereocenters. The van der Waals surface area contributed by atoms with Crippen molar-refractivity contribution in [2.24, 2.45) is 4.99 Å². The highest BCUT2D eigenvalue weighted by atomic mass is 14.7. The second-order valence-electron chi connectivity index (χ2n) is 4.40. The van der Waals surface area contributed by atoms with Crippen LogP contribution in [0.4, 0.5) is 5.69 Å². The Morgan fingerprint density at radius 1 is 1.18 bits per heavy atom. The van der Waals surface area contributed by atoms with E-state index in [1.807, 2.05) is 18.2 Å². The molecule has 1 aromatic rings. The number of rotatable bonds is 6. The second kappa shape index (κ2) is 7.83. The van der Waals surface area contributed by atoms with Crippen LogP contribution in [-0.2, 0) is 0 Å². The van der Waals surface area contributed by atoms with Crippen molar-refractivity contribution in [1.82, 2.24) is 0 Å². The molecule has 1 aromatic carbocycles. The SMILES string of the molecule is CCC=C(C)CC(CCC)=Nc1ccccc1. The largest absolute Gasteiger partial charge is 0.258 e. The molecule has 0 saturated heterocycles. The van der Waals surface area contributed by atoms with Gasteiger partial charge in [-0.2, -0.15) is 0 Å². The first-order valence-corrected chi connectivity index (χ1v) is 6.53. The zero-order valence-corrected chi connectivity index (χ0v) is 11.2. The normalized spacial score (nSPS) is 12.9. The highest BCUT2D eigenvalue weighted by Crippen LogP contribution is 2.15. The molecule has 0 saturated carbocycles. The van der Waals surface area contributed by atoms with Crippen molar-refractivity contribution in [3.8, 4) is 0 Å². The van der Waals surface area contributed by atoms with E-state index in [9.17, 15) is 0 Å². The molecule has 0 atom stereocenters. The number of benzene rings is 1. The summed E-state index contributed by atoms with van der Waals surface area (Å²) in [5, 5.41) is 0. The number of aliphatic imine (C=N–C) groups is 1. The molecule has 0 N–H and O–H groups in total. The van der Waals surface area contributed by atoms with Crippen molar-refractivity contribution >= 4 is 11.4 Å². The van der Waals surface area contributed by atoms with Gasteiger partial charge in [0, 0.05) is 12.1 Å². The molecular weight excluding hydrogens is 206 g/mol. The van der Waals surface area contributed by atoms with Crippen LogP contribution in [0.5, 0.6) is 0 Å². The molecule has 0 radical (unpaired) electrons. The van der Waals surface area contributed by atoms with E-state index in [-0.39, 0.29) is 0 Å². The third kappa shape index (κ3) is 5.48. The molecule has 0 bridgehead atoms. The molecule has 0 aromatic heterocycles. The highest BCUT2D eigenvalue weighted by Gasteiger charge is 2.00. The summed E-state index contributed by atoms with van der Waals surface area (Å²) in [4.78, 5) is 4.75. The summed E-state index contributed by atoms with van der Waals surface area (Å²) < 4.78 is 0. The van der Waals surface area contributed by atoms with Gasteiger partial charge in [-0.15, -0.1) is 0 Å². The smallest absolute Gasteiger partial charge is 0.0629 e. The Morgan fingerprint density at radius 3 is 2.47 bits per heavy atom. The summed E-state index contributed by atoms with van der Waals surface area (Å²) in [6.45, 7) is 6.58. The van der Waals surface area contributed by atoms with Crippen LogP contribution in [-0.4, -0.2) is 5.71 Å². The van der Waals surface area contributed by atoms with E-state index < -0.39 is 0 Å². The minimum atomic E-state index is 1.01. The summed E-state index contributed by atoms with van der Waals surface area (Å²) in [5.41, 5.74) is 3.79. The number of hydrogen-bond acceptors (Lipinski definition) is 1. The van der Waals surface area contributed by atoms with Crippen molar-refractivity contribution in [2.75, 3.05) is 0 Å². The summed E-state index contributed by atoms with van der Waals surface area (Å²) >= 11 is 0. The molecule has 0 aliphatic carbocycles. The molecule has 0 aliphatic rings. The van der Waals surface area contributed by atoms with Crippen LogP contribution in [0.15, 0.2) is 47.0 Å². The van der Waals surface area contributed by atoms with Gasteiger partial charge in [0.25, 0.3) is 0 Å². The molecule has 0 amide bonds. The molecule has 92 valence electrons. The van der Waals surface area contributed by atoms with Crippen molar-refractivity contribution < 1.29 is 0 Å². The van der Waals surface area contributed by atoms with Crippen LogP contribution in [0, 0.1) is 0 Å². The zero-order chi connectivity index (χ0) is 12.5. The third-order valence-corrected chi connectivity index (χ3v) is 2.62. The predicted octanol–water partition coefficient (Wildman–Crippen LogP) is 5.31. The van der Waals surface area contributed by atoms with Crippen molar-refractivity contribution in [3.63, 3.8) is 0 Å². The van der Waals surface area contributed by atoms with Gasteiger partial charge in [-0.05, 0) is 31.9 Å². The second-order valence-corrected chi connectivity index (χ2v) is 4.40. The summed E-state index contributed by atoms with van der Waals surface area (Å²) in [5.74, 6) is 0. The van der Waals surface area contributed by atoms with E-state index in [0.29, 0.717) is 0 Å². The predicted molar refractivity (Wildman–Crippen MR) is 77.1 cm³/mol. The molecule has 0 aliphatic heterocycles. The van der Waals surface area contributed by atoms with Gasteiger partial charge in [0.2, 0.25) is 0 Å². The first-order chi connectivity index (χ1) is 8.26.